The van der Waals surface area contributed by atoms with E-state index < -0.39 is 0 Å². The minimum absolute atomic E-state index is 0.236. The van der Waals surface area contributed by atoms with Gasteiger partial charge in [0.25, 0.3) is 5.91 Å². The van der Waals surface area contributed by atoms with Gasteiger partial charge in [-0.05, 0) is 43.2 Å². The molecule has 6 heteroatoms. The Hall–Kier alpha value is -2.89. The van der Waals surface area contributed by atoms with Crippen molar-refractivity contribution in [3.05, 3.63) is 60.3 Å². The van der Waals surface area contributed by atoms with E-state index in [9.17, 15) is 4.79 Å². The van der Waals surface area contributed by atoms with Crippen LogP contribution in [0.25, 0.3) is 11.4 Å². The fraction of sp³-hybridized carbons (Fsp3) is 0.316. The minimum atomic E-state index is -0.236. The van der Waals surface area contributed by atoms with Crippen molar-refractivity contribution in [1.82, 2.24) is 20.1 Å². The predicted octanol–water partition coefficient (Wildman–Crippen LogP) is 3.58. The van der Waals surface area contributed by atoms with Gasteiger partial charge in [-0.2, -0.15) is 5.10 Å². The first kappa shape index (κ1) is 15.6. The number of rotatable bonds is 5. The molecule has 1 N–H and O–H groups in total. The smallest absolute Gasteiger partial charge is 0.287 e. The van der Waals surface area contributed by atoms with Gasteiger partial charge in [-0.3, -0.25) is 14.5 Å². The van der Waals surface area contributed by atoms with Gasteiger partial charge in [0.2, 0.25) is 0 Å². The summed E-state index contributed by atoms with van der Waals surface area (Å²) in [5.41, 5.74) is 2.74. The number of hydrogen-bond donors (Lipinski definition) is 1. The van der Waals surface area contributed by atoms with Crippen molar-refractivity contribution in [2.75, 3.05) is 0 Å². The standard InChI is InChI=1S/C19H20N4O2/c24-19(18-9-5-11-25-18)21-13-14-12-17(16-8-3-4-10-20-16)23(22-14)15-6-1-2-7-15/h3-5,8-12,15H,1-2,6-7,13H2,(H,21,24). The van der Waals surface area contributed by atoms with Crippen molar-refractivity contribution in [3.8, 4) is 11.4 Å². The van der Waals surface area contributed by atoms with Gasteiger partial charge in [0.05, 0.1) is 35.9 Å². The van der Waals surface area contributed by atoms with E-state index in [1.54, 1.807) is 18.3 Å². The molecule has 4 rings (SSSR count). The Balaban J connectivity index is 1.57. The largest absolute Gasteiger partial charge is 0.459 e. The van der Waals surface area contributed by atoms with Gasteiger partial charge in [-0.25, -0.2) is 0 Å². The predicted molar refractivity (Wildman–Crippen MR) is 92.8 cm³/mol. The fourth-order valence-corrected chi connectivity index (χ4v) is 3.33. The van der Waals surface area contributed by atoms with Gasteiger partial charge in [-0.15, -0.1) is 0 Å². The molecule has 3 aromatic rings. The topological polar surface area (TPSA) is 73.0 Å². The maximum Gasteiger partial charge on any atom is 0.287 e. The lowest BCUT2D eigenvalue weighted by atomic mass is 10.2. The van der Waals surface area contributed by atoms with Crippen molar-refractivity contribution in [3.63, 3.8) is 0 Å². The highest BCUT2D eigenvalue weighted by Gasteiger charge is 2.22. The molecule has 1 aliphatic rings. The molecule has 3 heterocycles. The van der Waals surface area contributed by atoms with Gasteiger partial charge in [0.1, 0.15) is 0 Å². The first-order valence-corrected chi connectivity index (χ1v) is 8.63. The van der Waals surface area contributed by atoms with Crippen LogP contribution in [0.5, 0.6) is 0 Å². The van der Waals surface area contributed by atoms with Crippen LogP contribution in [0.1, 0.15) is 48.0 Å². The summed E-state index contributed by atoms with van der Waals surface area (Å²) in [5, 5.41) is 7.61. The number of aromatic nitrogens is 3. The summed E-state index contributed by atoms with van der Waals surface area (Å²) in [7, 11) is 0. The lowest BCUT2D eigenvalue weighted by Gasteiger charge is -2.13. The molecule has 0 aromatic carbocycles. The molecule has 128 valence electrons. The second-order valence-electron chi connectivity index (χ2n) is 6.28. The third kappa shape index (κ3) is 3.33. The Bertz CT molecular complexity index is 834. The van der Waals surface area contributed by atoms with Gasteiger partial charge < -0.3 is 9.73 Å². The van der Waals surface area contributed by atoms with Crippen molar-refractivity contribution >= 4 is 5.91 Å². The minimum Gasteiger partial charge on any atom is -0.459 e. The number of carbonyl (C=O) groups excluding carboxylic acids is 1. The fourth-order valence-electron chi connectivity index (χ4n) is 3.33. The zero-order chi connectivity index (χ0) is 17.1. The zero-order valence-electron chi connectivity index (χ0n) is 13.9. The highest BCUT2D eigenvalue weighted by atomic mass is 16.3. The maximum atomic E-state index is 12.0. The van der Waals surface area contributed by atoms with E-state index in [-0.39, 0.29) is 5.91 Å². The third-order valence-corrected chi connectivity index (χ3v) is 4.56. The summed E-state index contributed by atoms with van der Waals surface area (Å²) < 4.78 is 7.20. The molecule has 6 nitrogen and oxygen atoms in total. The Morgan fingerprint density at radius 3 is 2.84 bits per heavy atom. The molecule has 1 fully saturated rings. The molecule has 0 bridgehead atoms. The summed E-state index contributed by atoms with van der Waals surface area (Å²) >= 11 is 0. The van der Waals surface area contributed by atoms with Crippen LogP contribution in [0, 0.1) is 0 Å². The highest BCUT2D eigenvalue weighted by molar-refractivity contribution is 5.91. The van der Waals surface area contributed by atoms with Gasteiger partial charge in [-0.1, -0.05) is 18.9 Å². The summed E-state index contributed by atoms with van der Waals surface area (Å²) in [6.07, 6.45) is 8.02. The number of nitrogens with one attached hydrogen (secondary N) is 1. The normalized spacial score (nSPS) is 14.7. The number of nitrogens with zero attached hydrogens (tertiary/aromatic N) is 3. The lowest BCUT2D eigenvalue weighted by Crippen LogP contribution is -2.22. The van der Waals surface area contributed by atoms with E-state index >= 15 is 0 Å². The van der Waals surface area contributed by atoms with Crippen LogP contribution in [0.15, 0.2) is 53.3 Å². The third-order valence-electron chi connectivity index (χ3n) is 4.56. The SMILES string of the molecule is O=C(NCc1cc(-c2ccccn2)n(C2CCCC2)n1)c1ccco1. The van der Waals surface area contributed by atoms with Crippen LogP contribution < -0.4 is 5.32 Å². The Kier molecular flexibility index (Phi) is 4.33. The number of furan rings is 1. The van der Waals surface area contributed by atoms with E-state index in [4.69, 9.17) is 9.52 Å². The molecular weight excluding hydrogens is 316 g/mol. The molecule has 0 unspecified atom stereocenters. The molecule has 1 saturated carbocycles. The molecule has 1 amide bonds. The molecule has 0 radical (unpaired) electrons. The van der Waals surface area contributed by atoms with E-state index in [1.807, 2.05) is 24.3 Å². The molecule has 1 aliphatic carbocycles. The van der Waals surface area contributed by atoms with Crippen LogP contribution in [0.2, 0.25) is 0 Å². The van der Waals surface area contributed by atoms with Crippen LogP contribution in [-0.2, 0) is 6.54 Å². The molecular formula is C19H20N4O2. The van der Waals surface area contributed by atoms with E-state index in [0.29, 0.717) is 18.3 Å². The quantitative estimate of drug-likeness (QED) is 0.773. The van der Waals surface area contributed by atoms with Crippen LogP contribution in [0.4, 0.5) is 0 Å². The highest BCUT2D eigenvalue weighted by Crippen LogP contribution is 2.33. The van der Waals surface area contributed by atoms with Crippen LogP contribution in [-0.4, -0.2) is 20.7 Å². The summed E-state index contributed by atoms with van der Waals surface area (Å²) in [6, 6.07) is 11.6. The first-order valence-electron chi connectivity index (χ1n) is 8.63. The van der Waals surface area contributed by atoms with Gasteiger partial charge in [0, 0.05) is 6.20 Å². The lowest BCUT2D eigenvalue weighted by molar-refractivity contribution is 0.0922. The number of amides is 1. The summed E-state index contributed by atoms with van der Waals surface area (Å²) in [4.78, 5) is 16.5. The van der Waals surface area contributed by atoms with Gasteiger partial charge >= 0.3 is 0 Å². The number of carbonyl (C=O) groups is 1. The molecule has 3 aromatic heterocycles. The van der Waals surface area contributed by atoms with Crippen LogP contribution in [0.3, 0.4) is 0 Å². The van der Waals surface area contributed by atoms with Crippen molar-refractivity contribution in [1.29, 1.82) is 0 Å². The van der Waals surface area contributed by atoms with E-state index in [1.165, 1.54) is 19.1 Å². The second kappa shape index (κ2) is 6.93. The molecule has 0 spiro atoms. The Morgan fingerprint density at radius 1 is 1.24 bits per heavy atom. The second-order valence-corrected chi connectivity index (χ2v) is 6.28. The molecule has 0 atom stereocenters. The van der Waals surface area contributed by atoms with Crippen LogP contribution >= 0.6 is 0 Å². The number of hydrogen-bond acceptors (Lipinski definition) is 4. The molecule has 0 saturated heterocycles. The van der Waals surface area contributed by atoms with E-state index in [0.717, 1.165) is 29.9 Å². The van der Waals surface area contributed by atoms with Crippen molar-refractivity contribution in [2.45, 2.75) is 38.3 Å². The Morgan fingerprint density at radius 2 is 2.12 bits per heavy atom. The number of pyridine rings is 1. The summed E-state index contributed by atoms with van der Waals surface area (Å²) in [6.45, 7) is 0.360. The maximum absolute atomic E-state index is 12.0. The summed E-state index contributed by atoms with van der Waals surface area (Å²) in [5.74, 6) is 0.0694. The van der Waals surface area contributed by atoms with Crippen molar-refractivity contribution < 1.29 is 9.21 Å². The zero-order valence-corrected chi connectivity index (χ0v) is 13.9. The van der Waals surface area contributed by atoms with E-state index in [2.05, 4.69) is 15.0 Å². The first-order chi connectivity index (χ1) is 12.3. The van der Waals surface area contributed by atoms with Crippen molar-refractivity contribution in [2.24, 2.45) is 0 Å². The molecule has 25 heavy (non-hydrogen) atoms. The Labute approximate surface area is 145 Å². The monoisotopic (exact) mass is 336 g/mol. The average Bonchev–Trinajstić information content (AvgIpc) is 3.41. The molecule has 0 aliphatic heterocycles. The van der Waals surface area contributed by atoms with Gasteiger partial charge in [0.15, 0.2) is 5.76 Å². The average molecular weight is 336 g/mol.